The molecule has 0 atom stereocenters. The normalized spacial score (nSPS) is 19.4. The monoisotopic (exact) mass is 261 g/mol. The van der Waals surface area contributed by atoms with Crippen molar-refractivity contribution in [2.45, 2.75) is 58.3 Å². The molecule has 1 aromatic rings. The Bertz CT molecular complexity index is 434. The summed E-state index contributed by atoms with van der Waals surface area (Å²) < 4.78 is 0. The maximum atomic E-state index is 11.8. The molecule has 0 spiro atoms. The molecule has 1 N–H and O–H groups in total. The largest absolute Gasteiger partial charge is 0.481 e. The first-order valence-corrected chi connectivity index (χ1v) is 7.26. The van der Waals surface area contributed by atoms with E-state index in [-0.39, 0.29) is 0 Å². The number of hydrogen-bond acceptors (Lipinski definition) is 2. The van der Waals surface area contributed by atoms with Crippen LogP contribution in [-0.4, -0.2) is 16.1 Å². The molecule has 3 nitrogen and oxygen atoms in total. The minimum Gasteiger partial charge on any atom is -0.481 e. The predicted octanol–water partition coefficient (Wildman–Crippen LogP) is 3.75. The van der Waals surface area contributed by atoms with Crippen LogP contribution in [0.3, 0.4) is 0 Å². The molecule has 1 heterocycles. The Morgan fingerprint density at radius 1 is 1.21 bits per heavy atom. The van der Waals surface area contributed by atoms with Gasteiger partial charge in [-0.3, -0.25) is 9.78 Å². The van der Waals surface area contributed by atoms with Gasteiger partial charge < -0.3 is 5.11 Å². The number of aryl methyl sites for hydroxylation is 1. The summed E-state index contributed by atoms with van der Waals surface area (Å²) in [5, 5.41) is 9.72. The highest BCUT2D eigenvalue weighted by Gasteiger charge is 2.38. The van der Waals surface area contributed by atoms with Crippen LogP contribution >= 0.6 is 0 Å². The summed E-state index contributed by atoms with van der Waals surface area (Å²) in [6.45, 7) is 2.00. The van der Waals surface area contributed by atoms with Crippen molar-refractivity contribution in [1.82, 2.24) is 4.98 Å². The van der Waals surface area contributed by atoms with E-state index < -0.39 is 11.4 Å². The topological polar surface area (TPSA) is 50.2 Å². The van der Waals surface area contributed by atoms with Crippen molar-refractivity contribution in [1.29, 1.82) is 0 Å². The van der Waals surface area contributed by atoms with E-state index in [1.165, 1.54) is 19.3 Å². The van der Waals surface area contributed by atoms with E-state index in [9.17, 15) is 9.90 Å². The van der Waals surface area contributed by atoms with Gasteiger partial charge in [-0.1, -0.05) is 38.2 Å². The number of rotatable bonds is 3. The fourth-order valence-electron chi connectivity index (χ4n) is 3.15. The third kappa shape index (κ3) is 3.55. The molecule has 0 saturated heterocycles. The zero-order chi connectivity index (χ0) is 13.7. The molecular weight excluding hydrogens is 238 g/mol. The Kier molecular flexibility index (Phi) is 4.56. The number of aliphatic carboxylic acids is 1. The molecule has 1 fully saturated rings. The summed E-state index contributed by atoms with van der Waals surface area (Å²) in [4.78, 5) is 16.0. The molecule has 2 rings (SSSR count). The Hall–Kier alpha value is -1.38. The van der Waals surface area contributed by atoms with Crippen LogP contribution in [0, 0.1) is 12.3 Å². The maximum Gasteiger partial charge on any atom is 0.309 e. The van der Waals surface area contributed by atoms with Crippen LogP contribution in [0.2, 0.25) is 0 Å². The van der Waals surface area contributed by atoms with Crippen LogP contribution in [0.5, 0.6) is 0 Å². The highest BCUT2D eigenvalue weighted by Crippen LogP contribution is 2.37. The van der Waals surface area contributed by atoms with Gasteiger partial charge in [0.1, 0.15) is 0 Å². The lowest BCUT2D eigenvalue weighted by Gasteiger charge is -2.31. The van der Waals surface area contributed by atoms with Crippen LogP contribution in [0.25, 0.3) is 0 Å². The van der Waals surface area contributed by atoms with Crippen LogP contribution in [-0.2, 0) is 11.2 Å². The van der Waals surface area contributed by atoms with E-state index in [0.29, 0.717) is 6.42 Å². The second kappa shape index (κ2) is 6.18. The Labute approximate surface area is 115 Å². The number of carboxylic acids is 1. The predicted molar refractivity (Wildman–Crippen MR) is 75.1 cm³/mol. The molecule has 3 heteroatoms. The van der Waals surface area contributed by atoms with E-state index in [0.717, 1.165) is 36.8 Å². The zero-order valence-corrected chi connectivity index (χ0v) is 11.7. The van der Waals surface area contributed by atoms with Crippen LogP contribution in [0.15, 0.2) is 18.5 Å². The van der Waals surface area contributed by atoms with E-state index >= 15 is 0 Å². The lowest BCUT2D eigenvalue weighted by atomic mass is 9.72. The summed E-state index contributed by atoms with van der Waals surface area (Å²) in [5.41, 5.74) is 1.59. The summed E-state index contributed by atoms with van der Waals surface area (Å²) >= 11 is 0. The fourth-order valence-corrected chi connectivity index (χ4v) is 3.15. The van der Waals surface area contributed by atoms with Crippen molar-refractivity contribution < 1.29 is 9.90 Å². The zero-order valence-electron chi connectivity index (χ0n) is 11.7. The first-order chi connectivity index (χ1) is 9.12. The number of pyridine rings is 1. The molecule has 19 heavy (non-hydrogen) atoms. The molecule has 0 radical (unpaired) electrons. The van der Waals surface area contributed by atoms with Crippen molar-refractivity contribution in [3.05, 3.63) is 29.6 Å². The first-order valence-electron chi connectivity index (χ1n) is 7.26. The number of carbonyl (C=O) groups is 1. The summed E-state index contributed by atoms with van der Waals surface area (Å²) in [7, 11) is 0. The molecule has 0 unspecified atom stereocenters. The number of hydrogen-bond donors (Lipinski definition) is 1. The average Bonchev–Trinajstić information content (AvgIpc) is 2.32. The van der Waals surface area contributed by atoms with E-state index in [1.807, 2.05) is 19.3 Å². The molecule has 1 aromatic heterocycles. The van der Waals surface area contributed by atoms with Crippen LogP contribution in [0.1, 0.15) is 56.1 Å². The van der Waals surface area contributed by atoms with Gasteiger partial charge in [0.15, 0.2) is 0 Å². The van der Waals surface area contributed by atoms with Crippen molar-refractivity contribution in [2.75, 3.05) is 0 Å². The summed E-state index contributed by atoms with van der Waals surface area (Å²) in [6.07, 6.45) is 11.5. The van der Waals surface area contributed by atoms with Crippen molar-refractivity contribution in [3.63, 3.8) is 0 Å². The smallest absolute Gasteiger partial charge is 0.309 e. The van der Waals surface area contributed by atoms with Gasteiger partial charge in [0, 0.05) is 12.4 Å². The molecule has 1 aliphatic rings. The van der Waals surface area contributed by atoms with Crippen molar-refractivity contribution in [3.8, 4) is 0 Å². The molecule has 0 bridgehead atoms. The van der Waals surface area contributed by atoms with Gasteiger partial charge in [0.25, 0.3) is 0 Å². The minimum absolute atomic E-state index is 0.574. The quantitative estimate of drug-likeness (QED) is 0.901. The standard InChI is InChI=1S/C16H23NO2/c1-13-9-14(12-17-11-13)10-16(15(18)19)7-5-3-2-4-6-8-16/h9,11-12H,2-8,10H2,1H3,(H,18,19). The second-order valence-corrected chi connectivity index (χ2v) is 5.90. The van der Waals surface area contributed by atoms with Gasteiger partial charge in [-0.05, 0) is 37.3 Å². The third-order valence-corrected chi connectivity index (χ3v) is 4.24. The molecule has 0 aliphatic heterocycles. The molecular formula is C16H23NO2. The molecule has 1 aliphatic carbocycles. The Morgan fingerprint density at radius 3 is 2.42 bits per heavy atom. The van der Waals surface area contributed by atoms with Gasteiger partial charge in [-0.15, -0.1) is 0 Å². The van der Waals surface area contributed by atoms with Crippen LogP contribution in [0.4, 0.5) is 0 Å². The highest BCUT2D eigenvalue weighted by atomic mass is 16.4. The molecule has 1 saturated carbocycles. The number of carboxylic acid groups (broad SMARTS) is 1. The van der Waals surface area contributed by atoms with Crippen molar-refractivity contribution in [2.24, 2.45) is 5.41 Å². The Balaban J connectivity index is 2.20. The Morgan fingerprint density at radius 2 is 1.84 bits per heavy atom. The summed E-state index contributed by atoms with van der Waals surface area (Å²) in [5.74, 6) is -0.629. The van der Waals surface area contributed by atoms with Gasteiger partial charge in [-0.25, -0.2) is 0 Å². The lowest BCUT2D eigenvalue weighted by Crippen LogP contribution is -2.34. The van der Waals surface area contributed by atoms with Gasteiger partial charge in [-0.2, -0.15) is 0 Å². The van der Waals surface area contributed by atoms with Crippen LogP contribution < -0.4 is 0 Å². The second-order valence-electron chi connectivity index (χ2n) is 5.90. The van der Waals surface area contributed by atoms with E-state index in [1.54, 1.807) is 0 Å². The average molecular weight is 261 g/mol. The summed E-state index contributed by atoms with van der Waals surface area (Å²) in [6, 6.07) is 2.07. The fraction of sp³-hybridized carbons (Fsp3) is 0.625. The molecule has 0 amide bonds. The minimum atomic E-state index is -0.629. The van der Waals surface area contributed by atoms with Gasteiger partial charge >= 0.3 is 5.97 Å². The SMILES string of the molecule is Cc1cncc(CC2(C(=O)O)CCCCCCC2)c1. The lowest BCUT2D eigenvalue weighted by molar-refractivity contribution is -0.150. The highest BCUT2D eigenvalue weighted by molar-refractivity contribution is 5.75. The molecule has 104 valence electrons. The number of nitrogens with zero attached hydrogens (tertiary/aromatic N) is 1. The van der Waals surface area contributed by atoms with E-state index in [4.69, 9.17) is 0 Å². The van der Waals surface area contributed by atoms with E-state index in [2.05, 4.69) is 11.1 Å². The molecule has 0 aromatic carbocycles. The third-order valence-electron chi connectivity index (χ3n) is 4.24. The maximum absolute atomic E-state index is 11.8. The van der Waals surface area contributed by atoms with Gasteiger partial charge in [0.2, 0.25) is 0 Å². The first kappa shape index (κ1) is 14.0. The number of aromatic nitrogens is 1. The van der Waals surface area contributed by atoms with Gasteiger partial charge in [0.05, 0.1) is 5.41 Å². The van der Waals surface area contributed by atoms with Crippen molar-refractivity contribution >= 4 is 5.97 Å².